The average molecular weight is 1160 g/mol. The van der Waals surface area contributed by atoms with Gasteiger partial charge in [0.2, 0.25) is 0 Å². The number of rotatable bonds is 10. The van der Waals surface area contributed by atoms with E-state index in [0.29, 0.717) is 11.4 Å². The standard InChI is InChI=1S/C85H65N5/c1-51-22-31-67(55(5)40-51)61-26-35-78-71(44-61)72-45-62(68-32-23-52(2)41-56(68)6)27-36-79(72)89(78)82-39-30-65(77-49-76(59-16-11-9-12-17-59)87-85(88-77)60-18-13-10-14-19-60)48-75(82)84-66(50-86)20-15-21-83(84)90-80-37-28-63(69-33-24-53(3)42-57(69)7)46-73(80)74-47-64(29-38-81(74)90)70-34-25-54(4)43-58(70)8/h9-49H,1-8H3. The number of nitrogens with zero attached hydrogens (tertiary/aromatic N) is 5. The van der Waals surface area contributed by atoms with E-state index in [1.165, 1.54) is 66.8 Å². The number of hydrogen-bond acceptors (Lipinski definition) is 3. The molecule has 0 aliphatic rings. The number of benzene rings is 12. The second-order valence-electron chi connectivity index (χ2n) is 24.6. The fourth-order valence-corrected chi connectivity index (χ4v) is 14.0. The van der Waals surface area contributed by atoms with E-state index in [-0.39, 0.29) is 0 Å². The highest BCUT2D eigenvalue weighted by molar-refractivity contribution is 6.14. The van der Waals surface area contributed by atoms with Crippen LogP contribution in [0.25, 0.3) is 145 Å². The molecule has 0 atom stereocenters. The van der Waals surface area contributed by atoms with Crippen molar-refractivity contribution in [2.24, 2.45) is 0 Å². The van der Waals surface area contributed by atoms with Crippen LogP contribution in [0.3, 0.4) is 0 Å². The van der Waals surface area contributed by atoms with Gasteiger partial charge in [0.05, 0.1) is 56.5 Å². The molecule has 15 aromatic rings. The lowest BCUT2D eigenvalue weighted by molar-refractivity contribution is 1.15. The summed E-state index contributed by atoms with van der Waals surface area (Å²) >= 11 is 0. The normalized spacial score (nSPS) is 11.5. The average Bonchev–Trinajstić information content (AvgIpc) is 1.57. The predicted molar refractivity (Wildman–Crippen MR) is 377 cm³/mol. The van der Waals surface area contributed by atoms with Gasteiger partial charge in [-0.05, 0) is 201 Å². The number of hydrogen-bond donors (Lipinski definition) is 0. The fraction of sp³-hybridized carbons (Fsp3) is 0.0941. The molecular formula is C85H65N5. The van der Waals surface area contributed by atoms with E-state index in [4.69, 9.17) is 9.97 Å². The van der Waals surface area contributed by atoms with Gasteiger partial charge in [-0.25, -0.2) is 9.97 Å². The van der Waals surface area contributed by atoms with Crippen LogP contribution in [0.5, 0.6) is 0 Å². The Hall–Kier alpha value is -11.2. The van der Waals surface area contributed by atoms with Crippen molar-refractivity contribution in [1.29, 1.82) is 5.26 Å². The lowest BCUT2D eigenvalue weighted by Crippen LogP contribution is -2.04. The van der Waals surface area contributed by atoms with Crippen LogP contribution in [0, 0.1) is 66.7 Å². The fourth-order valence-electron chi connectivity index (χ4n) is 14.0. The first-order chi connectivity index (χ1) is 43.8. The van der Waals surface area contributed by atoms with Crippen LogP contribution in [0.1, 0.15) is 50.1 Å². The molecule has 0 radical (unpaired) electrons. The largest absolute Gasteiger partial charge is 0.309 e. The third-order valence-corrected chi connectivity index (χ3v) is 18.3. The summed E-state index contributed by atoms with van der Waals surface area (Å²) in [7, 11) is 0. The minimum Gasteiger partial charge on any atom is -0.309 e. The molecule has 12 aromatic carbocycles. The monoisotopic (exact) mass is 1160 g/mol. The van der Waals surface area contributed by atoms with Gasteiger partial charge >= 0.3 is 0 Å². The zero-order chi connectivity index (χ0) is 61.5. The van der Waals surface area contributed by atoms with Gasteiger partial charge in [0.15, 0.2) is 5.82 Å². The van der Waals surface area contributed by atoms with Crippen LogP contribution < -0.4 is 0 Å². The molecule has 5 nitrogen and oxygen atoms in total. The summed E-state index contributed by atoms with van der Waals surface area (Å²) in [6, 6.07) is 93.1. The first kappa shape index (κ1) is 55.4. The Morgan fingerprint density at radius 3 is 1.07 bits per heavy atom. The molecule has 3 aromatic heterocycles. The van der Waals surface area contributed by atoms with Gasteiger partial charge in [0, 0.05) is 49.4 Å². The van der Waals surface area contributed by atoms with Gasteiger partial charge in [-0.3, -0.25) is 0 Å². The Bertz CT molecular complexity index is 5180. The molecule has 15 rings (SSSR count). The van der Waals surface area contributed by atoms with Gasteiger partial charge in [-0.15, -0.1) is 0 Å². The van der Waals surface area contributed by atoms with Crippen molar-refractivity contribution < 1.29 is 0 Å². The van der Waals surface area contributed by atoms with Crippen LogP contribution >= 0.6 is 0 Å². The van der Waals surface area contributed by atoms with Crippen molar-refractivity contribution in [3.63, 3.8) is 0 Å². The van der Waals surface area contributed by atoms with Crippen molar-refractivity contribution >= 4 is 43.6 Å². The maximum absolute atomic E-state index is 11.8. The molecular weight excluding hydrogens is 1090 g/mol. The van der Waals surface area contributed by atoms with Gasteiger partial charge in [-0.2, -0.15) is 5.26 Å². The first-order valence-corrected chi connectivity index (χ1v) is 31.0. The summed E-state index contributed by atoms with van der Waals surface area (Å²) in [5.41, 5.74) is 31.9. The van der Waals surface area contributed by atoms with Crippen molar-refractivity contribution in [3.05, 3.63) is 299 Å². The molecule has 0 spiro atoms. The summed E-state index contributed by atoms with van der Waals surface area (Å²) in [4.78, 5) is 10.6. The van der Waals surface area contributed by atoms with Crippen LogP contribution in [-0.2, 0) is 0 Å². The van der Waals surface area contributed by atoms with Gasteiger partial charge in [0.1, 0.15) is 0 Å². The van der Waals surface area contributed by atoms with Crippen LogP contribution in [0.15, 0.2) is 249 Å². The number of aryl methyl sites for hydroxylation is 8. The Kier molecular flexibility index (Phi) is 13.7. The van der Waals surface area contributed by atoms with Crippen molar-refractivity contribution in [2.75, 3.05) is 0 Å². The summed E-state index contributed by atoms with van der Waals surface area (Å²) in [6.07, 6.45) is 0. The minimum absolute atomic E-state index is 0.548. The molecule has 0 N–H and O–H groups in total. The molecule has 0 fully saturated rings. The van der Waals surface area contributed by atoms with Gasteiger partial charge in [-0.1, -0.05) is 192 Å². The zero-order valence-corrected chi connectivity index (χ0v) is 51.9. The highest BCUT2D eigenvalue weighted by Crippen LogP contribution is 2.47. The molecule has 0 bridgehead atoms. The van der Waals surface area contributed by atoms with E-state index in [0.717, 1.165) is 116 Å². The maximum Gasteiger partial charge on any atom is 0.160 e. The second-order valence-corrected chi connectivity index (χ2v) is 24.6. The molecule has 0 aliphatic carbocycles. The number of nitriles is 1. The van der Waals surface area contributed by atoms with E-state index < -0.39 is 0 Å². The number of fused-ring (bicyclic) bond motifs is 6. The molecule has 0 amide bonds. The second kappa shape index (κ2) is 22.2. The Morgan fingerprint density at radius 1 is 0.289 bits per heavy atom. The smallest absolute Gasteiger partial charge is 0.160 e. The van der Waals surface area contributed by atoms with Gasteiger partial charge in [0.25, 0.3) is 0 Å². The first-order valence-electron chi connectivity index (χ1n) is 31.0. The summed E-state index contributed by atoms with van der Waals surface area (Å²) in [5.74, 6) is 0.628. The maximum atomic E-state index is 11.8. The highest BCUT2D eigenvalue weighted by Gasteiger charge is 2.26. The molecule has 0 aliphatic heterocycles. The Labute approximate surface area is 526 Å². The third kappa shape index (κ3) is 9.66. The molecule has 5 heteroatoms. The van der Waals surface area contributed by atoms with Gasteiger partial charge < -0.3 is 9.13 Å². The predicted octanol–water partition coefficient (Wildman–Crippen LogP) is 22.3. The Morgan fingerprint density at radius 2 is 0.667 bits per heavy atom. The quantitative estimate of drug-likeness (QED) is 0.137. The van der Waals surface area contributed by atoms with Crippen molar-refractivity contribution in [2.45, 2.75) is 55.4 Å². The molecule has 90 heavy (non-hydrogen) atoms. The third-order valence-electron chi connectivity index (χ3n) is 18.3. The topological polar surface area (TPSA) is 59.4 Å². The lowest BCUT2D eigenvalue weighted by Gasteiger charge is -2.21. The SMILES string of the molecule is Cc1ccc(-c2ccc3c(c2)c2cc(-c4ccc(C)cc4C)ccc2n3-c2ccc(-c3cc(-c4ccccc4)nc(-c4ccccc4)n3)cc2-c2c(C#N)cccc2-n2c3ccc(-c4ccc(C)cc4C)cc3c3cc(-c4ccc(C)cc4C)ccc32)c(C)c1. The molecule has 0 saturated heterocycles. The highest BCUT2D eigenvalue weighted by atomic mass is 15.0. The van der Waals surface area contributed by atoms with Crippen LogP contribution in [0.4, 0.5) is 0 Å². The van der Waals surface area contributed by atoms with Crippen molar-refractivity contribution in [3.8, 4) is 107 Å². The molecule has 0 saturated carbocycles. The Balaban J connectivity index is 1.05. The van der Waals surface area contributed by atoms with Crippen LogP contribution in [0.2, 0.25) is 0 Å². The molecule has 430 valence electrons. The summed E-state index contributed by atoms with van der Waals surface area (Å²) < 4.78 is 4.83. The van der Waals surface area contributed by atoms with E-state index in [9.17, 15) is 5.26 Å². The van der Waals surface area contributed by atoms with E-state index >= 15 is 0 Å². The summed E-state index contributed by atoms with van der Waals surface area (Å²) in [6.45, 7) is 17.4. The lowest BCUT2D eigenvalue weighted by atomic mass is 9.93. The molecule has 3 heterocycles. The summed E-state index contributed by atoms with van der Waals surface area (Å²) in [5, 5.41) is 16.3. The minimum atomic E-state index is 0.548. The van der Waals surface area contributed by atoms with E-state index in [1.54, 1.807) is 0 Å². The zero-order valence-electron chi connectivity index (χ0n) is 51.9. The molecule has 0 unspecified atom stereocenters. The van der Waals surface area contributed by atoms with E-state index in [2.05, 4.69) is 283 Å². The van der Waals surface area contributed by atoms with E-state index in [1.807, 2.05) is 36.4 Å². The van der Waals surface area contributed by atoms with Crippen molar-refractivity contribution in [1.82, 2.24) is 19.1 Å². The number of aromatic nitrogens is 4. The van der Waals surface area contributed by atoms with Crippen LogP contribution in [-0.4, -0.2) is 19.1 Å².